The molecule has 0 bridgehead atoms. The SMILES string of the molecule is CC[C@]1(c2ccc(OC)cc2)NC(=O)N(CCOc2ccccc2Cl)C1=O. The van der Waals surface area contributed by atoms with Crippen LogP contribution >= 0.6 is 11.6 Å². The molecular weight excluding hydrogens is 368 g/mol. The number of ether oxygens (including phenoxy) is 2. The van der Waals surface area contributed by atoms with Gasteiger partial charge in [0.1, 0.15) is 23.6 Å². The fourth-order valence-electron chi connectivity index (χ4n) is 3.15. The summed E-state index contributed by atoms with van der Waals surface area (Å²) in [6.45, 7) is 2.16. The lowest BCUT2D eigenvalue weighted by atomic mass is 9.87. The first-order valence-corrected chi connectivity index (χ1v) is 9.05. The Morgan fingerprint density at radius 3 is 2.44 bits per heavy atom. The van der Waals surface area contributed by atoms with Gasteiger partial charge >= 0.3 is 6.03 Å². The molecule has 1 heterocycles. The predicted molar refractivity (Wildman–Crippen MR) is 102 cm³/mol. The van der Waals surface area contributed by atoms with Crippen LogP contribution in [-0.2, 0) is 10.3 Å². The van der Waals surface area contributed by atoms with Crippen molar-refractivity contribution in [3.63, 3.8) is 0 Å². The van der Waals surface area contributed by atoms with Crippen LogP contribution < -0.4 is 14.8 Å². The molecule has 1 aliphatic rings. The Labute approximate surface area is 163 Å². The largest absolute Gasteiger partial charge is 0.497 e. The van der Waals surface area contributed by atoms with Gasteiger partial charge in [0.2, 0.25) is 0 Å². The lowest BCUT2D eigenvalue weighted by Crippen LogP contribution is -2.43. The van der Waals surface area contributed by atoms with Crippen molar-refractivity contribution in [2.75, 3.05) is 20.3 Å². The van der Waals surface area contributed by atoms with Crippen molar-refractivity contribution >= 4 is 23.5 Å². The van der Waals surface area contributed by atoms with Gasteiger partial charge in [0, 0.05) is 0 Å². The second kappa shape index (κ2) is 7.88. The standard InChI is InChI=1S/C20H21ClN2O4/c1-3-20(14-8-10-15(26-2)11-9-14)18(24)23(19(25)22-20)12-13-27-17-7-5-4-6-16(17)21/h4-11H,3,12-13H2,1-2H3,(H,22,25)/t20-/m1/s1. The summed E-state index contributed by atoms with van der Waals surface area (Å²) in [6, 6.07) is 13.8. The predicted octanol–water partition coefficient (Wildman–Crippen LogP) is 3.58. The summed E-state index contributed by atoms with van der Waals surface area (Å²) in [7, 11) is 1.58. The van der Waals surface area contributed by atoms with E-state index in [9.17, 15) is 9.59 Å². The zero-order valence-corrected chi connectivity index (χ0v) is 16.0. The Morgan fingerprint density at radius 1 is 1.11 bits per heavy atom. The second-order valence-electron chi connectivity index (χ2n) is 6.15. The van der Waals surface area contributed by atoms with Crippen LogP contribution in [0.2, 0.25) is 5.02 Å². The van der Waals surface area contributed by atoms with Crippen molar-refractivity contribution in [2.45, 2.75) is 18.9 Å². The number of rotatable bonds is 7. The Morgan fingerprint density at radius 2 is 1.81 bits per heavy atom. The summed E-state index contributed by atoms with van der Waals surface area (Å²) in [5.41, 5.74) is -0.355. The minimum atomic E-state index is -1.08. The van der Waals surface area contributed by atoms with Crippen molar-refractivity contribution in [1.82, 2.24) is 10.2 Å². The van der Waals surface area contributed by atoms with Gasteiger partial charge in [-0.1, -0.05) is 42.8 Å². The molecule has 1 fully saturated rings. The minimum Gasteiger partial charge on any atom is -0.497 e. The molecule has 2 aromatic rings. The number of nitrogens with zero attached hydrogens (tertiary/aromatic N) is 1. The summed E-state index contributed by atoms with van der Waals surface area (Å²) in [6.07, 6.45) is 0.436. The Balaban J connectivity index is 1.73. The monoisotopic (exact) mass is 388 g/mol. The second-order valence-corrected chi connectivity index (χ2v) is 6.56. The number of imide groups is 1. The summed E-state index contributed by atoms with van der Waals surface area (Å²) in [4.78, 5) is 26.7. The van der Waals surface area contributed by atoms with E-state index in [4.69, 9.17) is 21.1 Å². The van der Waals surface area contributed by atoms with Gasteiger partial charge in [0.05, 0.1) is 18.7 Å². The molecule has 27 heavy (non-hydrogen) atoms. The molecule has 1 aliphatic heterocycles. The first kappa shape index (κ1) is 19.0. The van der Waals surface area contributed by atoms with Crippen LogP contribution in [0.1, 0.15) is 18.9 Å². The summed E-state index contributed by atoms with van der Waals surface area (Å²) in [5.74, 6) is 0.915. The maximum Gasteiger partial charge on any atom is 0.325 e. The fourth-order valence-corrected chi connectivity index (χ4v) is 3.34. The molecule has 6 nitrogen and oxygen atoms in total. The van der Waals surface area contributed by atoms with E-state index in [-0.39, 0.29) is 19.1 Å². The summed E-state index contributed by atoms with van der Waals surface area (Å²) < 4.78 is 10.8. The number of urea groups is 1. The number of carbonyl (C=O) groups excluding carboxylic acids is 2. The molecule has 1 atom stereocenters. The van der Waals surface area contributed by atoms with E-state index < -0.39 is 11.6 Å². The van der Waals surface area contributed by atoms with Gasteiger partial charge < -0.3 is 14.8 Å². The van der Waals surface area contributed by atoms with Crippen LogP contribution in [-0.4, -0.2) is 37.1 Å². The molecule has 1 N–H and O–H groups in total. The van der Waals surface area contributed by atoms with Crippen molar-refractivity contribution in [3.8, 4) is 11.5 Å². The third kappa shape index (κ3) is 3.57. The molecule has 7 heteroatoms. The molecule has 0 radical (unpaired) electrons. The lowest BCUT2D eigenvalue weighted by Gasteiger charge is -2.26. The zero-order valence-electron chi connectivity index (χ0n) is 15.2. The number of hydrogen-bond acceptors (Lipinski definition) is 4. The third-order valence-electron chi connectivity index (χ3n) is 4.70. The smallest absolute Gasteiger partial charge is 0.325 e. The molecule has 1 saturated heterocycles. The van der Waals surface area contributed by atoms with Crippen LogP contribution in [0.3, 0.4) is 0 Å². The Bertz CT molecular complexity index is 840. The normalized spacial score (nSPS) is 19.1. The number of nitrogens with one attached hydrogen (secondary N) is 1. The number of halogens is 1. The molecule has 0 saturated carbocycles. The van der Waals surface area contributed by atoms with E-state index >= 15 is 0 Å². The van der Waals surface area contributed by atoms with Crippen molar-refractivity contribution in [2.24, 2.45) is 0 Å². The van der Waals surface area contributed by atoms with E-state index in [1.54, 1.807) is 55.6 Å². The van der Waals surface area contributed by atoms with Gasteiger partial charge in [-0.05, 0) is 36.2 Å². The van der Waals surface area contributed by atoms with E-state index in [1.165, 1.54) is 4.90 Å². The maximum atomic E-state index is 13.1. The molecule has 142 valence electrons. The van der Waals surface area contributed by atoms with Crippen molar-refractivity contribution in [1.29, 1.82) is 0 Å². The molecule has 3 rings (SSSR count). The highest BCUT2D eigenvalue weighted by atomic mass is 35.5. The van der Waals surface area contributed by atoms with Gasteiger partial charge in [-0.25, -0.2) is 4.79 Å². The highest BCUT2D eigenvalue weighted by molar-refractivity contribution is 6.32. The van der Waals surface area contributed by atoms with E-state index in [2.05, 4.69) is 5.32 Å². The van der Waals surface area contributed by atoms with Crippen LogP contribution in [0.5, 0.6) is 11.5 Å². The van der Waals surface area contributed by atoms with Gasteiger partial charge in [0.25, 0.3) is 5.91 Å². The fraction of sp³-hybridized carbons (Fsp3) is 0.300. The molecule has 0 unspecified atom stereocenters. The molecule has 0 aromatic heterocycles. The van der Waals surface area contributed by atoms with Crippen molar-refractivity contribution in [3.05, 3.63) is 59.1 Å². The Kier molecular flexibility index (Phi) is 5.56. The van der Waals surface area contributed by atoms with Crippen LogP contribution in [0.25, 0.3) is 0 Å². The van der Waals surface area contributed by atoms with Gasteiger partial charge in [-0.2, -0.15) is 0 Å². The van der Waals surface area contributed by atoms with Crippen LogP contribution in [0, 0.1) is 0 Å². The van der Waals surface area contributed by atoms with Gasteiger partial charge in [-0.15, -0.1) is 0 Å². The van der Waals surface area contributed by atoms with E-state index in [1.807, 2.05) is 6.92 Å². The van der Waals surface area contributed by atoms with Gasteiger partial charge in [-0.3, -0.25) is 9.69 Å². The number of para-hydroxylation sites is 1. The number of methoxy groups -OCH3 is 1. The van der Waals surface area contributed by atoms with Crippen LogP contribution in [0.15, 0.2) is 48.5 Å². The molecule has 0 spiro atoms. The topological polar surface area (TPSA) is 67.9 Å². The van der Waals surface area contributed by atoms with E-state index in [0.29, 0.717) is 22.9 Å². The van der Waals surface area contributed by atoms with Crippen molar-refractivity contribution < 1.29 is 19.1 Å². The highest BCUT2D eigenvalue weighted by Gasteiger charge is 2.51. The zero-order chi connectivity index (χ0) is 19.4. The minimum absolute atomic E-state index is 0.133. The highest BCUT2D eigenvalue weighted by Crippen LogP contribution is 2.33. The van der Waals surface area contributed by atoms with E-state index in [0.717, 1.165) is 5.56 Å². The van der Waals surface area contributed by atoms with Crippen LogP contribution in [0.4, 0.5) is 4.79 Å². The number of hydrogen-bond donors (Lipinski definition) is 1. The number of benzene rings is 2. The number of carbonyl (C=O) groups is 2. The Hall–Kier alpha value is -2.73. The first-order chi connectivity index (χ1) is 13.0. The number of amides is 3. The molecule has 3 amide bonds. The first-order valence-electron chi connectivity index (χ1n) is 8.68. The molecule has 2 aromatic carbocycles. The lowest BCUT2D eigenvalue weighted by molar-refractivity contribution is -0.132. The quantitative estimate of drug-likeness (QED) is 0.736. The summed E-state index contributed by atoms with van der Waals surface area (Å²) in [5, 5.41) is 3.33. The summed E-state index contributed by atoms with van der Waals surface area (Å²) >= 11 is 6.05. The maximum absolute atomic E-state index is 13.1. The average molecular weight is 389 g/mol. The molecular formula is C20H21ClN2O4. The van der Waals surface area contributed by atoms with Gasteiger partial charge in [0.15, 0.2) is 0 Å². The molecule has 0 aliphatic carbocycles. The third-order valence-corrected chi connectivity index (χ3v) is 5.01. The average Bonchev–Trinajstić information content (AvgIpc) is 2.94.